The second-order valence-corrected chi connectivity index (χ2v) is 10.9. The molecule has 0 aliphatic rings. The van der Waals surface area contributed by atoms with Crippen LogP contribution in [0.1, 0.15) is 69.2 Å². The van der Waals surface area contributed by atoms with Crippen LogP contribution >= 0.6 is 11.3 Å². The Labute approximate surface area is 305 Å². The van der Waals surface area contributed by atoms with Crippen LogP contribution in [0.25, 0.3) is 63.9 Å². The van der Waals surface area contributed by atoms with Gasteiger partial charge >= 0.3 is 0 Å². The van der Waals surface area contributed by atoms with Gasteiger partial charge in [-0.3, -0.25) is 0 Å². The first kappa shape index (κ1) is 41.3. The maximum absolute atomic E-state index is 5.65. The molecule has 0 amide bonds. The Bertz CT molecular complexity index is 1990. The fourth-order valence-corrected chi connectivity index (χ4v) is 6.57. The van der Waals surface area contributed by atoms with Crippen LogP contribution in [0, 0.1) is 0 Å². The van der Waals surface area contributed by atoms with Crippen LogP contribution in [0.3, 0.4) is 0 Å². The van der Waals surface area contributed by atoms with Gasteiger partial charge in [-0.25, -0.2) is 0 Å². The van der Waals surface area contributed by atoms with E-state index in [0.717, 1.165) is 11.2 Å². The lowest BCUT2D eigenvalue weighted by molar-refractivity contribution is 0.669. The highest BCUT2D eigenvalue weighted by atomic mass is 32.1. The van der Waals surface area contributed by atoms with Gasteiger partial charge in [0.2, 0.25) is 0 Å². The average Bonchev–Trinajstić information content (AvgIpc) is 3.89. The van der Waals surface area contributed by atoms with Crippen LogP contribution in [0.5, 0.6) is 0 Å². The van der Waals surface area contributed by atoms with E-state index in [9.17, 15) is 0 Å². The smallest absolute Gasteiger partial charge is 0.135 e. The van der Waals surface area contributed by atoms with Gasteiger partial charge in [-0.05, 0) is 36.4 Å². The average molecular weight is 684 g/mol. The van der Waals surface area contributed by atoms with Gasteiger partial charge in [-0.2, -0.15) is 0 Å². The molecule has 9 rings (SSSR count). The highest BCUT2D eigenvalue weighted by molar-refractivity contribution is 7.25. The van der Waals surface area contributed by atoms with Crippen molar-refractivity contribution in [2.45, 2.75) is 69.2 Å². The van der Waals surface area contributed by atoms with Crippen LogP contribution < -0.4 is 0 Å². The van der Waals surface area contributed by atoms with Gasteiger partial charge in [0.25, 0.3) is 0 Å². The van der Waals surface area contributed by atoms with E-state index in [-0.39, 0.29) is 0 Å². The number of para-hydroxylation sites is 4. The van der Waals surface area contributed by atoms with E-state index >= 15 is 0 Å². The molecule has 9 aromatic rings. The molecule has 0 spiro atoms. The zero-order chi connectivity index (χ0) is 36.9. The summed E-state index contributed by atoms with van der Waals surface area (Å²) in [5.74, 6) is 0. The number of benzene rings is 6. The minimum absolute atomic E-state index is 0.962. The van der Waals surface area contributed by atoms with Crippen LogP contribution in [0.15, 0.2) is 150 Å². The van der Waals surface area contributed by atoms with E-state index < -0.39 is 0 Å². The quantitative estimate of drug-likeness (QED) is 0.156. The van der Waals surface area contributed by atoms with Crippen molar-refractivity contribution in [1.82, 2.24) is 4.57 Å². The van der Waals surface area contributed by atoms with Gasteiger partial charge in [0.15, 0.2) is 0 Å². The lowest BCUT2D eigenvalue weighted by Gasteiger charge is -1.95. The van der Waals surface area contributed by atoms with E-state index in [1.165, 1.54) is 52.8 Å². The van der Waals surface area contributed by atoms with E-state index in [1.54, 1.807) is 0 Å². The molecule has 0 bridgehead atoms. The minimum atomic E-state index is 0.962. The van der Waals surface area contributed by atoms with Gasteiger partial charge in [-0.15, -0.1) is 11.3 Å². The molecule has 0 N–H and O–H groups in total. The summed E-state index contributed by atoms with van der Waals surface area (Å²) in [6, 6.07) is 50.4. The topological polar surface area (TPSA) is 18.1 Å². The molecule has 0 fully saturated rings. The number of fused-ring (bicyclic) bond motifs is 9. The van der Waals surface area contributed by atoms with E-state index in [4.69, 9.17) is 4.42 Å². The Hall–Kier alpha value is -4.86. The molecule has 0 saturated carbocycles. The fourth-order valence-electron chi connectivity index (χ4n) is 5.47. The van der Waals surface area contributed by atoms with Crippen molar-refractivity contribution in [3.8, 4) is 0 Å². The van der Waals surface area contributed by atoms with Crippen molar-refractivity contribution >= 4 is 75.3 Å². The lowest BCUT2D eigenvalue weighted by Crippen LogP contribution is -1.84. The van der Waals surface area contributed by atoms with Crippen LogP contribution in [0.2, 0.25) is 0 Å². The number of rotatable bonds is 0. The number of aromatic nitrogens is 1. The van der Waals surface area contributed by atoms with Crippen molar-refractivity contribution < 1.29 is 4.42 Å². The second-order valence-electron chi connectivity index (χ2n) is 9.78. The standard InChI is InChI=1S/C13H11N.C12H8O.C12H8S.5C2H6/c1-14-12-8-4-2-6-10(12)11-7-3-5-9-13(11)14;2*1-3-7-11-9(5-1)10-6-2-4-8-12(10)13-11;5*1-2/h2-9H,1H3;2*1-8H;5*1-2H3. The molecular weight excluding hydrogens is 627 g/mol. The third-order valence-electron chi connectivity index (χ3n) is 7.39. The molecule has 2 nitrogen and oxygen atoms in total. The summed E-state index contributed by atoms with van der Waals surface area (Å²) in [6.45, 7) is 20.0. The molecule has 3 heteroatoms. The molecule has 0 atom stereocenters. The van der Waals surface area contributed by atoms with Crippen molar-refractivity contribution in [3.05, 3.63) is 146 Å². The highest BCUT2D eigenvalue weighted by Gasteiger charge is 2.05. The van der Waals surface area contributed by atoms with Crippen molar-refractivity contribution in [2.75, 3.05) is 0 Å². The van der Waals surface area contributed by atoms with E-state index in [0.29, 0.717) is 0 Å². The number of nitrogens with zero attached hydrogens (tertiary/aromatic N) is 1. The molecule has 50 heavy (non-hydrogen) atoms. The Kier molecular flexibility index (Phi) is 18.8. The normalized spacial score (nSPS) is 9.50. The number of hydrogen-bond acceptors (Lipinski definition) is 2. The van der Waals surface area contributed by atoms with Crippen LogP contribution in [0.4, 0.5) is 0 Å². The summed E-state index contributed by atoms with van der Waals surface area (Å²) in [6.07, 6.45) is 0. The lowest BCUT2D eigenvalue weighted by atomic mass is 10.2. The Morgan fingerprint density at radius 1 is 0.340 bits per heavy atom. The fraction of sp³-hybridized carbons (Fsp3) is 0.234. The van der Waals surface area contributed by atoms with Gasteiger partial charge < -0.3 is 8.98 Å². The van der Waals surface area contributed by atoms with E-state index in [1.807, 2.05) is 117 Å². The molecule has 0 aliphatic heterocycles. The number of hydrogen-bond donors (Lipinski definition) is 0. The zero-order valence-corrected chi connectivity index (χ0v) is 32.9. The second kappa shape index (κ2) is 22.7. The predicted octanol–water partition coefficient (Wildman–Crippen LogP) is 16.1. The monoisotopic (exact) mass is 683 g/mol. The summed E-state index contributed by atoms with van der Waals surface area (Å²) < 4.78 is 10.6. The van der Waals surface area contributed by atoms with E-state index in [2.05, 4.69) is 121 Å². The van der Waals surface area contributed by atoms with Gasteiger partial charge in [-0.1, -0.05) is 178 Å². The molecule has 262 valence electrons. The van der Waals surface area contributed by atoms with Gasteiger partial charge in [0.05, 0.1) is 0 Å². The molecule has 0 saturated heterocycles. The van der Waals surface area contributed by atoms with Crippen LogP contribution in [-0.4, -0.2) is 4.57 Å². The first-order chi connectivity index (χ1) is 24.8. The molecule has 3 aromatic heterocycles. The van der Waals surface area contributed by atoms with Gasteiger partial charge in [0.1, 0.15) is 11.2 Å². The Morgan fingerprint density at radius 3 is 1.00 bits per heavy atom. The largest absolute Gasteiger partial charge is 0.456 e. The summed E-state index contributed by atoms with van der Waals surface area (Å²) in [4.78, 5) is 0. The van der Waals surface area contributed by atoms with Gasteiger partial charge in [0, 0.05) is 59.8 Å². The summed E-state index contributed by atoms with van der Waals surface area (Å²) in [7, 11) is 2.12. The third kappa shape index (κ3) is 9.64. The Balaban J connectivity index is 0.000000231. The van der Waals surface area contributed by atoms with Crippen molar-refractivity contribution in [2.24, 2.45) is 7.05 Å². The molecule has 0 radical (unpaired) electrons. The van der Waals surface area contributed by atoms with Crippen molar-refractivity contribution in [3.63, 3.8) is 0 Å². The van der Waals surface area contributed by atoms with Crippen LogP contribution in [-0.2, 0) is 7.05 Å². The molecular formula is C47H57NOS. The first-order valence-corrected chi connectivity index (χ1v) is 19.2. The number of aryl methyl sites for hydroxylation is 1. The predicted molar refractivity (Wildman–Crippen MR) is 230 cm³/mol. The highest BCUT2D eigenvalue weighted by Crippen LogP contribution is 2.33. The summed E-state index contributed by atoms with van der Waals surface area (Å²) in [5, 5.41) is 7.82. The molecule has 0 aliphatic carbocycles. The maximum atomic E-state index is 5.65. The number of furan rings is 1. The summed E-state index contributed by atoms with van der Waals surface area (Å²) in [5.41, 5.74) is 4.52. The third-order valence-corrected chi connectivity index (χ3v) is 8.54. The Morgan fingerprint density at radius 2 is 0.620 bits per heavy atom. The molecule has 6 aromatic carbocycles. The molecule has 0 unspecified atom stereocenters. The van der Waals surface area contributed by atoms with Crippen molar-refractivity contribution in [1.29, 1.82) is 0 Å². The molecule has 3 heterocycles. The maximum Gasteiger partial charge on any atom is 0.135 e. The summed E-state index contributed by atoms with van der Waals surface area (Å²) >= 11 is 1.86. The zero-order valence-electron chi connectivity index (χ0n) is 32.1. The number of thiophene rings is 1. The first-order valence-electron chi connectivity index (χ1n) is 18.4. The SMILES string of the molecule is CC.CC.CC.CC.CC.Cn1c2ccccc2c2ccccc21.c1ccc2c(c1)oc1ccccc12.c1ccc2c(c1)sc1ccccc12. The minimum Gasteiger partial charge on any atom is -0.456 e.